The smallest absolute Gasteiger partial charge is 0.324 e. The summed E-state index contributed by atoms with van der Waals surface area (Å²) < 4.78 is 0. The SMILES string of the molecule is [Al+3].c1ccc2c(c1)-c1nc3nc(nc4[nH]c(nc5[nH]c(nc-2n1)c1ccccc51)c1ccccc41)-c1ccccc1-3. The number of nitrogens with zero attached hydrogens (tertiary/aromatic N) is 6. The molecule has 0 saturated heterocycles. The zero-order chi connectivity index (χ0) is 26.2. The average molecular weight is 542 g/mol. The van der Waals surface area contributed by atoms with E-state index in [0.29, 0.717) is 45.9 Å². The molecule has 0 saturated carbocycles. The van der Waals surface area contributed by atoms with Crippen LogP contribution in [0.4, 0.5) is 0 Å². The van der Waals surface area contributed by atoms with Gasteiger partial charge >= 0.3 is 17.4 Å². The van der Waals surface area contributed by atoms with Gasteiger partial charge in [0, 0.05) is 43.8 Å². The zero-order valence-electron chi connectivity index (χ0n) is 21.5. The number of hydrogen-bond acceptors (Lipinski definition) is 6. The Morgan fingerprint density at radius 2 is 0.585 bits per heavy atom. The van der Waals surface area contributed by atoms with Crippen LogP contribution < -0.4 is 0 Å². The minimum atomic E-state index is 0. The molecule has 9 rings (SSSR count). The van der Waals surface area contributed by atoms with Gasteiger partial charge in [0.1, 0.15) is 22.6 Å². The number of fused-ring (bicyclic) bond motifs is 20. The van der Waals surface area contributed by atoms with E-state index in [0.717, 1.165) is 43.8 Å². The van der Waals surface area contributed by atoms with Gasteiger partial charge in [-0.15, -0.1) is 0 Å². The Balaban J connectivity index is 0.00000256. The Labute approximate surface area is 243 Å². The van der Waals surface area contributed by atoms with Gasteiger partial charge in [0.15, 0.2) is 23.3 Å². The molecule has 8 bridgehead atoms. The van der Waals surface area contributed by atoms with E-state index in [1.807, 2.05) is 97.1 Å². The van der Waals surface area contributed by atoms with Gasteiger partial charge in [-0.05, 0) is 0 Å². The summed E-state index contributed by atoms with van der Waals surface area (Å²) in [5.41, 5.74) is 6.46. The van der Waals surface area contributed by atoms with Crippen molar-refractivity contribution in [2.45, 2.75) is 0 Å². The summed E-state index contributed by atoms with van der Waals surface area (Å²) in [6.07, 6.45) is 0. The molecule has 9 heteroatoms. The predicted octanol–water partition coefficient (Wildman–Crippen LogP) is 6.49. The maximum absolute atomic E-state index is 5.06. The first-order chi connectivity index (χ1) is 19.8. The molecular formula is C32H18AlN8+3. The number of benzene rings is 4. The molecule has 5 heterocycles. The molecule has 4 aromatic carbocycles. The summed E-state index contributed by atoms with van der Waals surface area (Å²) in [5, 5.41) is 3.86. The molecule has 0 unspecified atom stereocenters. The molecule has 41 heavy (non-hydrogen) atoms. The third kappa shape index (κ3) is 3.54. The Bertz CT molecular complexity index is 2190. The standard InChI is InChI=1S/C32H18N8.Al/c1-2-10-18-17(9-1)25-33-26(18)38-28-21-13-5-6-14-22(21)30(35-28)40-32-24-16-8-7-15-23(24)31(36-32)39-29-20-12-4-3-11-19(20)27(34-29)37-25;/h1-16H,(H2,33,34,35,36,37,38,39,40);/q;+3. The quantitative estimate of drug-likeness (QED) is 0.213. The Hall–Kier alpha value is -5.23. The van der Waals surface area contributed by atoms with Gasteiger partial charge in [0.25, 0.3) is 0 Å². The summed E-state index contributed by atoms with van der Waals surface area (Å²) in [6, 6.07) is 32.2. The molecule has 186 valence electrons. The van der Waals surface area contributed by atoms with Crippen LogP contribution in [0.1, 0.15) is 0 Å². The summed E-state index contributed by atoms with van der Waals surface area (Å²) in [7, 11) is 0. The molecule has 0 aliphatic carbocycles. The molecule has 0 atom stereocenters. The third-order valence-corrected chi connectivity index (χ3v) is 7.46. The topological polar surface area (TPSA) is 109 Å². The van der Waals surface area contributed by atoms with E-state index >= 15 is 0 Å². The second kappa shape index (κ2) is 8.90. The number of hydrogen-bond donors (Lipinski definition) is 2. The van der Waals surface area contributed by atoms with Crippen LogP contribution in [0.5, 0.6) is 0 Å². The van der Waals surface area contributed by atoms with E-state index in [9.17, 15) is 0 Å². The maximum Gasteiger partial charge on any atom is 3.00 e. The van der Waals surface area contributed by atoms with Crippen molar-refractivity contribution >= 4 is 61.5 Å². The van der Waals surface area contributed by atoms with Crippen LogP contribution in [0.3, 0.4) is 0 Å². The van der Waals surface area contributed by atoms with Crippen molar-refractivity contribution in [2.24, 2.45) is 0 Å². The van der Waals surface area contributed by atoms with Gasteiger partial charge in [-0.3, -0.25) is 0 Å². The van der Waals surface area contributed by atoms with Crippen LogP contribution >= 0.6 is 0 Å². The molecular weight excluding hydrogens is 523 g/mol. The van der Waals surface area contributed by atoms with Crippen LogP contribution in [-0.2, 0) is 0 Å². The molecule has 3 aromatic heterocycles. The molecule has 7 aromatic rings. The van der Waals surface area contributed by atoms with E-state index in [-0.39, 0.29) is 17.4 Å². The van der Waals surface area contributed by atoms with Crippen LogP contribution in [0.25, 0.3) is 89.7 Å². The third-order valence-electron chi connectivity index (χ3n) is 7.46. The van der Waals surface area contributed by atoms with Crippen LogP contribution in [0.2, 0.25) is 0 Å². The second-order valence-corrected chi connectivity index (χ2v) is 9.79. The van der Waals surface area contributed by atoms with Gasteiger partial charge in [0.2, 0.25) is 0 Å². The van der Waals surface area contributed by atoms with Gasteiger partial charge in [0.05, 0.1) is 0 Å². The van der Waals surface area contributed by atoms with Gasteiger partial charge in [-0.1, -0.05) is 97.1 Å². The van der Waals surface area contributed by atoms with Crippen molar-refractivity contribution in [3.63, 3.8) is 0 Å². The first-order valence-electron chi connectivity index (χ1n) is 13.0. The summed E-state index contributed by atoms with van der Waals surface area (Å²) in [5.74, 6) is 2.33. The van der Waals surface area contributed by atoms with E-state index in [1.54, 1.807) is 0 Å². The average Bonchev–Trinajstić information content (AvgIpc) is 3.73. The monoisotopic (exact) mass is 541 g/mol. The minimum absolute atomic E-state index is 0. The van der Waals surface area contributed by atoms with Gasteiger partial charge in [-0.25, -0.2) is 29.9 Å². The molecule has 2 aliphatic heterocycles. The fraction of sp³-hybridized carbons (Fsp3) is 0. The van der Waals surface area contributed by atoms with E-state index in [2.05, 4.69) is 9.97 Å². The van der Waals surface area contributed by atoms with Crippen molar-refractivity contribution in [3.8, 4) is 45.6 Å². The Kier molecular flexibility index (Phi) is 5.13. The van der Waals surface area contributed by atoms with E-state index in [1.165, 1.54) is 0 Å². The second-order valence-electron chi connectivity index (χ2n) is 9.79. The van der Waals surface area contributed by atoms with Crippen molar-refractivity contribution in [1.29, 1.82) is 0 Å². The fourth-order valence-electron chi connectivity index (χ4n) is 5.59. The molecule has 0 radical (unpaired) electrons. The molecule has 8 nitrogen and oxygen atoms in total. The van der Waals surface area contributed by atoms with Crippen molar-refractivity contribution in [3.05, 3.63) is 97.1 Å². The molecule has 0 spiro atoms. The zero-order valence-corrected chi connectivity index (χ0v) is 22.7. The van der Waals surface area contributed by atoms with Crippen molar-refractivity contribution in [1.82, 2.24) is 39.9 Å². The summed E-state index contributed by atoms with van der Waals surface area (Å²) >= 11 is 0. The van der Waals surface area contributed by atoms with Crippen molar-refractivity contribution < 1.29 is 0 Å². The number of rotatable bonds is 0. The summed E-state index contributed by atoms with van der Waals surface area (Å²) in [6.45, 7) is 0. The fourth-order valence-corrected chi connectivity index (χ4v) is 5.59. The first kappa shape index (κ1) is 23.6. The number of aromatic nitrogens is 8. The van der Waals surface area contributed by atoms with Crippen LogP contribution in [-0.4, -0.2) is 57.2 Å². The molecule has 2 aliphatic rings. The van der Waals surface area contributed by atoms with Gasteiger partial charge in [-0.2, -0.15) is 0 Å². The minimum Gasteiger partial charge on any atom is -0.324 e. The van der Waals surface area contributed by atoms with E-state index in [4.69, 9.17) is 29.9 Å². The summed E-state index contributed by atoms with van der Waals surface area (Å²) in [4.78, 5) is 36.8. The number of H-pyrrole nitrogens is 2. The Morgan fingerprint density at radius 1 is 0.317 bits per heavy atom. The molecule has 0 fully saturated rings. The molecule has 0 amide bonds. The Morgan fingerprint density at radius 3 is 0.927 bits per heavy atom. The predicted molar refractivity (Wildman–Crippen MR) is 162 cm³/mol. The van der Waals surface area contributed by atoms with Gasteiger partial charge < -0.3 is 9.97 Å². The van der Waals surface area contributed by atoms with Crippen molar-refractivity contribution in [2.75, 3.05) is 0 Å². The largest absolute Gasteiger partial charge is 3.00 e. The van der Waals surface area contributed by atoms with Crippen LogP contribution in [0.15, 0.2) is 97.1 Å². The van der Waals surface area contributed by atoms with E-state index < -0.39 is 0 Å². The molecule has 2 N–H and O–H groups in total. The number of aromatic amines is 2. The maximum atomic E-state index is 5.06. The van der Waals surface area contributed by atoms with Crippen LogP contribution in [0, 0.1) is 0 Å². The normalized spacial score (nSPS) is 11.7. The first-order valence-corrected chi connectivity index (χ1v) is 13.0. The number of nitrogens with one attached hydrogen (secondary N) is 2.